The third kappa shape index (κ3) is 6.01. The number of rotatable bonds is 8. The fourth-order valence-corrected chi connectivity index (χ4v) is 4.67. The van der Waals surface area contributed by atoms with Crippen molar-refractivity contribution >= 4 is 45.0 Å². The van der Waals surface area contributed by atoms with Crippen LogP contribution >= 0.6 is 23.6 Å². The summed E-state index contributed by atoms with van der Waals surface area (Å²) in [6.45, 7) is 3.51. The molecule has 0 unspecified atom stereocenters. The summed E-state index contributed by atoms with van der Waals surface area (Å²) in [5, 5.41) is 0. The maximum atomic E-state index is 12.4. The Morgan fingerprint density at radius 3 is 2.10 bits per heavy atom. The molecule has 0 aliphatic heterocycles. The Balaban J connectivity index is 1.64. The molecule has 6 nitrogen and oxygen atoms in total. The van der Waals surface area contributed by atoms with Gasteiger partial charge in [-0.25, -0.2) is 0 Å². The van der Waals surface area contributed by atoms with E-state index in [9.17, 15) is 8.42 Å². The van der Waals surface area contributed by atoms with Gasteiger partial charge in [-0.3, -0.25) is 0 Å². The standard InChI is InChI=1S/C20H18N2O4S3/c1-15(21-28-26-25-17-9-5-3-6-10-17)19-13-14-20(27-19)16(2)22-29(23,24)18-11-7-4-8-12-18/h3-14H,1-2H3/b21-15+,22-16+. The monoisotopic (exact) mass is 446 g/mol. The third-order valence-electron chi connectivity index (χ3n) is 3.70. The van der Waals surface area contributed by atoms with Crippen LogP contribution in [0.5, 0.6) is 5.75 Å². The summed E-state index contributed by atoms with van der Waals surface area (Å²) >= 11 is 2.23. The van der Waals surface area contributed by atoms with Crippen LogP contribution in [0.25, 0.3) is 0 Å². The first-order valence-electron chi connectivity index (χ1n) is 8.53. The Bertz CT molecular complexity index is 1110. The van der Waals surface area contributed by atoms with Crippen molar-refractivity contribution in [3.63, 3.8) is 0 Å². The van der Waals surface area contributed by atoms with E-state index in [0.717, 1.165) is 27.7 Å². The van der Waals surface area contributed by atoms with Gasteiger partial charge in [0.2, 0.25) is 0 Å². The second-order valence-electron chi connectivity index (χ2n) is 5.84. The normalized spacial score (nSPS) is 12.8. The van der Waals surface area contributed by atoms with Gasteiger partial charge in [-0.05, 0) is 50.2 Å². The summed E-state index contributed by atoms with van der Waals surface area (Å²) < 4.78 is 38.0. The Kier molecular flexibility index (Phi) is 7.21. The second kappa shape index (κ2) is 9.84. The van der Waals surface area contributed by atoms with Crippen molar-refractivity contribution in [3.05, 3.63) is 82.6 Å². The fraction of sp³-hybridized carbons (Fsp3) is 0.100. The summed E-state index contributed by atoms with van der Waals surface area (Å²) in [6.07, 6.45) is 0. The minimum atomic E-state index is -3.74. The van der Waals surface area contributed by atoms with Gasteiger partial charge in [0.15, 0.2) is 18.0 Å². The molecule has 1 aromatic heterocycles. The average Bonchev–Trinajstić information content (AvgIpc) is 3.23. The van der Waals surface area contributed by atoms with E-state index in [1.807, 2.05) is 37.3 Å². The quantitative estimate of drug-likeness (QED) is 0.117. The zero-order valence-corrected chi connectivity index (χ0v) is 18.1. The number of nitrogens with zero attached hydrogens (tertiary/aromatic N) is 2. The molecule has 0 spiro atoms. The van der Waals surface area contributed by atoms with E-state index in [1.54, 1.807) is 37.3 Å². The van der Waals surface area contributed by atoms with Crippen LogP contribution in [-0.4, -0.2) is 19.8 Å². The highest BCUT2D eigenvalue weighted by Gasteiger charge is 2.14. The Hall–Kier alpha value is -2.46. The lowest BCUT2D eigenvalue weighted by molar-refractivity contribution is -0.0776. The molecule has 0 saturated heterocycles. The van der Waals surface area contributed by atoms with Crippen LogP contribution in [0.1, 0.15) is 23.6 Å². The first-order chi connectivity index (χ1) is 14.0. The molecule has 29 heavy (non-hydrogen) atoms. The first-order valence-corrected chi connectivity index (χ1v) is 11.5. The van der Waals surface area contributed by atoms with E-state index in [0.29, 0.717) is 11.5 Å². The molecule has 3 rings (SSSR count). The number of hydrogen-bond acceptors (Lipinski definition) is 7. The van der Waals surface area contributed by atoms with Gasteiger partial charge in [0.25, 0.3) is 10.0 Å². The smallest absolute Gasteiger partial charge is 0.282 e. The number of thiophene rings is 1. The molecule has 3 aromatic rings. The van der Waals surface area contributed by atoms with E-state index in [1.165, 1.54) is 23.5 Å². The molecule has 0 fully saturated rings. The minimum Gasteiger partial charge on any atom is -0.324 e. The zero-order valence-electron chi connectivity index (χ0n) is 15.7. The molecular formula is C20H18N2O4S3. The lowest BCUT2D eigenvalue weighted by Crippen LogP contribution is -2.01. The predicted octanol–water partition coefficient (Wildman–Crippen LogP) is 5.33. The van der Waals surface area contributed by atoms with Gasteiger partial charge >= 0.3 is 0 Å². The summed E-state index contributed by atoms with van der Waals surface area (Å²) in [6, 6.07) is 20.9. The third-order valence-corrected chi connectivity index (χ3v) is 6.86. The van der Waals surface area contributed by atoms with Crippen LogP contribution < -0.4 is 4.89 Å². The molecule has 0 aliphatic carbocycles. The van der Waals surface area contributed by atoms with E-state index < -0.39 is 10.0 Å². The second-order valence-corrected chi connectivity index (χ2v) is 9.00. The molecule has 0 aliphatic rings. The maximum absolute atomic E-state index is 12.4. The van der Waals surface area contributed by atoms with Crippen LogP contribution in [0, 0.1) is 0 Å². The van der Waals surface area contributed by atoms with Gasteiger partial charge in [0, 0.05) is 9.75 Å². The van der Waals surface area contributed by atoms with Crippen LogP contribution in [-0.2, 0) is 14.4 Å². The fourth-order valence-electron chi connectivity index (χ4n) is 2.24. The molecule has 0 atom stereocenters. The summed E-state index contributed by atoms with van der Waals surface area (Å²) in [7, 11) is -3.74. The van der Waals surface area contributed by atoms with Crippen molar-refractivity contribution in [2.24, 2.45) is 8.80 Å². The number of sulfonamides is 1. The highest BCUT2D eigenvalue weighted by Crippen LogP contribution is 2.22. The van der Waals surface area contributed by atoms with Crippen LogP contribution in [0.4, 0.5) is 0 Å². The van der Waals surface area contributed by atoms with Gasteiger partial charge in [-0.2, -0.15) is 17.2 Å². The van der Waals surface area contributed by atoms with E-state index in [-0.39, 0.29) is 4.90 Å². The maximum Gasteiger partial charge on any atom is 0.282 e. The number of para-hydroxylation sites is 1. The first kappa shape index (κ1) is 21.3. The topological polar surface area (TPSA) is 77.3 Å². The predicted molar refractivity (Wildman–Crippen MR) is 118 cm³/mol. The van der Waals surface area contributed by atoms with Gasteiger partial charge in [-0.1, -0.05) is 40.7 Å². The van der Waals surface area contributed by atoms with Gasteiger partial charge < -0.3 is 4.89 Å². The SMILES string of the molecule is C/C(=N\SOOc1ccccc1)c1ccc(/C(C)=N/S(=O)(=O)c2ccccc2)s1. The van der Waals surface area contributed by atoms with Crippen molar-refractivity contribution in [3.8, 4) is 5.75 Å². The number of hydrogen-bond donors (Lipinski definition) is 0. The van der Waals surface area contributed by atoms with Gasteiger partial charge in [0.05, 0.1) is 16.3 Å². The molecule has 9 heteroatoms. The molecular weight excluding hydrogens is 428 g/mol. The van der Waals surface area contributed by atoms with Crippen molar-refractivity contribution in [2.45, 2.75) is 18.7 Å². The van der Waals surface area contributed by atoms with E-state index >= 15 is 0 Å². The Labute approximate surface area is 178 Å². The summed E-state index contributed by atoms with van der Waals surface area (Å²) in [5.41, 5.74) is 1.15. The average molecular weight is 447 g/mol. The molecule has 0 N–H and O–H groups in total. The minimum absolute atomic E-state index is 0.167. The van der Waals surface area contributed by atoms with Gasteiger partial charge in [0.1, 0.15) is 0 Å². The lowest BCUT2D eigenvalue weighted by atomic mass is 10.3. The Morgan fingerprint density at radius 2 is 1.45 bits per heavy atom. The van der Waals surface area contributed by atoms with Gasteiger partial charge in [-0.15, -0.1) is 11.3 Å². The molecule has 0 bridgehead atoms. The molecule has 0 radical (unpaired) electrons. The van der Waals surface area contributed by atoms with Crippen molar-refractivity contribution in [2.75, 3.05) is 0 Å². The van der Waals surface area contributed by atoms with Crippen LogP contribution in [0.3, 0.4) is 0 Å². The van der Waals surface area contributed by atoms with E-state index in [4.69, 9.17) is 9.22 Å². The lowest BCUT2D eigenvalue weighted by Gasteiger charge is -2.01. The molecule has 2 aromatic carbocycles. The molecule has 0 saturated carbocycles. The van der Waals surface area contributed by atoms with Crippen molar-refractivity contribution in [1.82, 2.24) is 0 Å². The van der Waals surface area contributed by atoms with Crippen molar-refractivity contribution < 1.29 is 17.6 Å². The zero-order chi connectivity index (χ0) is 20.7. The molecule has 1 heterocycles. The number of benzene rings is 2. The van der Waals surface area contributed by atoms with Crippen LogP contribution in [0.15, 0.2) is 86.5 Å². The highest BCUT2D eigenvalue weighted by atomic mass is 32.2. The Morgan fingerprint density at radius 1 is 0.862 bits per heavy atom. The van der Waals surface area contributed by atoms with Crippen molar-refractivity contribution in [1.29, 1.82) is 0 Å². The molecule has 150 valence electrons. The molecule has 0 amide bonds. The van der Waals surface area contributed by atoms with E-state index in [2.05, 4.69) is 8.80 Å². The highest BCUT2D eigenvalue weighted by molar-refractivity contribution is 7.93. The summed E-state index contributed by atoms with van der Waals surface area (Å²) in [5.74, 6) is 0.581. The largest absolute Gasteiger partial charge is 0.324 e. The van der Waals surface area contributed by atoms with Crippen LogP contribution in [0.2, 0.25) is 0 Å². The summed E-state index contributed by atoms with van der Waals surface area (Å²) in [4.78, 5) is 6.90.